The molecule has 0 saturated heterocycles. The lowest BCUT2D eigenvalue weighted by molar-refractivity contribution is 1.13. The smallest absolute Gasteiger partial charge is 0.138 e. The highest BCUT2D eigenvalue weighted by Gasteiger charge is 2.06. The molecule has 3 rings (SSSR count). The van der Waals surface area contributed by atoms with Crippen LogP contribution >= 0.6 is 15.9 Å². The van der Waals surface area contributed by atoms with Gasteiger partial charge in [-0.05, 0) is 30.3 Å². The number of fused-ring (bicyclic) bond motifs is 1. The molecule has 0 radical (unpaired) electrons. The molecule has 0 fully saturated rings. The molecular formula is C15H14BrN3. The van der Waals surface area contributed by atoms with E-state index in [1.165, 1.54) is 5.69 Å². The van der Waals surface area contributed by atoms with Gasteiger partial charge in [0, 0.05) is 29.8 Å². The van der Waals surface area contributed by atoms with Crippen molar-refractivity contribution in [3.63, 3.8) is 0 Å². The molecule has 0 atom stereocenters. The summed E-state index contributed by atoms with van der Waals surface area (Å²) in [5.41, 5.74) is 4.28. The van der Waals surface area contributed by atoms with E-state index < -0.39 is 0 Å². The number of nitrogens with one attached hydrogen (secondary N) is 1. The predicted octanol–water partition coefficient (Wildman–Crippen LogP) is 4.06. The molecule has 1 heterocycles. The third-order valence-corrected chi connectivity index (χ3v) is 3.57. The number of imidazole rings is 1. The Balaban J connectivity index is 2.11. The fourth-order valence-electron chi connectivity index (χ4n) is 2.05. The average Bonchev–Trinajstić information content (AvgIpc) is 2.81. The molecule has 0 spiro atoms. The molecule has 19 heavy (non-hydrogen) atoms. The highest BCUT2D eigenvalue weighted by molar-refractivity contribution is 9.10. The minimum Gasteiger partial charge on any atom is -0.378 e. The van der Waals surface area contributed by atoms with Crippen molar-refractivity contribution in [1.29, 1.82) is 0 Å². The molecule has 0 bridgehead atoms. The van der Waals surface area contributed by atoms with Gasteiger partial charge in [0.2, 0.25) is 0 Å². The van der Waals surface area contributed by atoms with Crippen molar-refractivity contribution in [1.82, 2.24) is 9.97 Å². The molecule has 0 unspecified atom stereocenters. The van der Waals surface area contributed by atoms with Gasteiger partial charge in [-0.25, -0.2) is 4.98 Å². The zero-order chi connectivity index (χ0) is 13.4. The minimum atomic E-state index is 0.900. The predicted molar refractivity (Wildman–Crippen MR) is 83.6 cm³/mol. The van der Waals surface area contributed by atoms with Gasteiger partial charge >= 0.3 is 0 Å². The van der Waals surface area contributed by atoms with Gasteiger partial charge in [-0.15, -0.1) is 0 Å². The number of anilines is 1. The third kappa shape index (κ3) is 2.36. The summed E-state index contributed by atoms with van der Waals surface area (Å²) < 4.78 is 1.05. The van der Waals surface area contributed by atoms with Crippen molar-refractivity contribution in [2.45, 2.75) is 0 Å². The monoisotopic (exact) mass is 315 g/mol. The lowest BCUT2D eigenvalue weighted by atomic mass is 10.2. The minimum absolute atomic E-state index is 0.900. The van der Waals surface area contributed by atoms with E-state index in [1.807, 2.05) is 38.4 Å². The standard InChI is InChI=1S/C15H14BrN3/c1-19(2)12-5-3-4-10(8-12)15-17-13-7-6-11(16)9-14(13)18-15/h3-9H,1-2H3,(H,17,18). The van der Waals surface area contributed by atoms with Crippen molar-refractivity contribution in [2.24, 2.45) is 0 Å². The summed E-state index contributed by atoms with van der Waals surface area (Å²) in [6.07, 6.45) is 0. The number of aromatic nitrogens is 2. The molecule has 0 aliphatic carbocycles. The van der Waals surface area contributed by atoms with Crippen molar-refractivity contribution in [3.05, 3.63) is 46.9 Å². The molecule has 0 aliphatic rings. The largest absolute Gasteiger partial charge is 0.378 e. The van der Waals surface area contributed by atoms with Crippen LogP contribution in [0.4, 0.5) is 5.69 Å². The molecule has 0 amide bonds. The van der Waals surface area contributed by atoms with Crippen LogP contribution < -0.4 is 4.90 Å². The summed E-state index contributed by atoms with van der Waals surface area (Å²) in [4.78, 5) is 10.1. The SMILES string of the molecule is CN(C)c1cccc(-c2nc3ccc(Br)cc3[nH]2)c1. The lowest BCUT2D eigenvalue weighted by Gasteiger charge is -2.12. The summed E-state index contributed by atoms with van der Waals surface area (Å²) >= 11 is 3.47. The lowest BCUT2D eigenvalue weighted by Crippen LogP contribution is -2.08. The van der Waals surface area contributed by atoms with Crippen molar-refractivity contribution in [3.8, 4) is 11.4 Å². The van der Waals surface area contributed by atoms with E-state index in [0.717, 1.165) is 26.9 Å². The topological polar surface area (TPSA) is 31.9 Å². The number of nitrogens with zero attached hydrogens (tertiary/aromatic N) is 2. The molecule has 3 nitrogen and oxygen atoms in total. The van der Waals surface area contributed by atoms with Crippen LogP contribution in [-0.4, -0.2) is 24.1 Å². The third-order valence-electron chi connectivity index (χ3n) is 3.08. The van der Waals surface area contributed by atoms with Gasteiger partial charge in [0.25, 0.3) is 0 Å². The molecule has 4 heteroatoms. The zero-order valence-electron chi connectivity index (χ0n) is 10.8. The summed E-state index contributed by atoms with van der Waals surface area (Å²) in [6, 6.07) is 14.4. The van der Waals surface area contributed by atoms with Crippen molar-refractivity contribution < 1.29 is 0 Å². The Kier molecular flexibility index (Phi) is 3.03. The Morgan fingerprint density at radius 2 is 1.95 bits per heavy atom. The molecule has 1 N–H and O–H groups in total. The molecule has 96 valence electrons. The number of halogens is 1. The van der Waals surface area contributed by atoms with E-state index >= 15 is 0 Å². The van der Waals surface area contributed by atoms with Gasteiger partial charge in [0.05, 0.1) is 11.0 Å². The Hall–Kier alpha value is -1.81. The summed E-state index contributed by atoms with van der Waals surface area (Å²) in [5, 5.41) is 0. The van der Waals surface area contributed by atoms with Gasteiger partial charge in [-0.2, -0.15) is 0 Å². The summed E-state index contributed by atoms with van der Waals surface area (Å²) in [7, 11) is 4.07. The quantitative estimate of drug-likeness (QED) is 0.773. The van der Waals surface area contributed by atoms with Gasteiger partial charge < -0.3 is 9.88 Å². The maximum absolute atomic E-state index is 4.63. The second kappa shape index (κ2) is 4.70. The van der Waals surface area contributed by atoms with Gasteiger partial charge in [-0.3, -0.25) is 0 Å². The van der Waals surface area contributed by atoms with Crippen LogP contribution in [0, 0.1) is 0 Å². The Labute approximate surface area is 120 Å². The van der Waals surface area contributed by atoms with E-state index in [-0.39, 0.29) is 0 Å². The van der Waals surface area contributed by atoms with Gasteiger partial charge in [0.1, 0.15) is 5.82 Å². The second-order valence-corrected chi connectivity index (χ2v) is 5.61. The normalized spacial score (nSPS) is 10.9. The summed E-state index contributed by atoms with van der Waals surface area (Å²) in [6.45, 7) is 0. The first-order valence-corrected chi connectivity index (χ1v) is 6.86. The van der Waals surface area contributed by atoms with E-state index in [1.54, 1.807) is 0 Å². The van der Waals surface area contributed by atoms with Crippen molar-refractivity contribution in [2.75, 3.05) is 19.0 Å². The highest BCUT2D eigenvalue weighted by atomic mass is 79.9. The van der Waals surface area contributed by atoms with E-state index in [2.05, 4.69) is 49.0 Å². The first kappa shape index (κ1) is 12.2. The van der Waals surface area contributed by atoms with Crippen molar-refractivity contribution >= 4 is 32.7 Å². The first-order valence-electron chi connectivity index (χ1n) is 6.06. The fraction of sp³-hybridized carbons (Fsp3) is 0.133. The van der Waals surface area contributed by atoms with E-state index in [0.29, 0.717) is 0 Å². The van der Waals surface area contributed by atoms with Crippen LogP contribution in [0.2, 0.25) is 0 Å². The number of H-pyrrole nitrogens is 1. The van der Waals surface area contributed by atoms with Crippen LogP contribution in [-0.2, 0) is 0 Å². The first-order chi connectivity index (χ1) is 9.13. The van der Waals surface area contributed by atoms with Gasteiger partial charge in [-0.1, -0.05) is 28.1 Å². The zero-order valence-corrected chi connectivity index (χ0v) is 12.4. The molecule has 3 aromatic rings. The number of hydrogen-bond donors (Lipinski definition) is 1. The van der Waals surface area contributed by atoms with Crippen LogP contribution in [0.15, 0.2) is 46.9 Å². The Bertz CT molecular complexity index is 731. The molecule has 0 aliphatic heterocycles. The van der Waals surface area contributed by atoms with E-state index in [4.69, 9.17) is 0 Å². The van der Waals surface area contributed by atoms with E-state index in [9.17, 15) is 0 Å². The van der Waals surface area contributed by atoms with Crippen LogP contribution in [0.1, 0.15) is 0 Å². The summed E-state index contributed by atoms with van der Waals surface area (Å²) in [5.74, 6) is 0.900. The maximum Gasteiger partial charge on any atom is 0.138 e. The van der Waals surface area contributed by atoms with Crippen LogP contribution in [0.25, 0.3) is 22.4 Å². The second-order valence-electron chi connectivity index (χ2n) is 4.69. The molecular weight excluding hydrogens is 302 g/mol. The Morgan fingerprint density at radius 3 is 2.74 bits per heavy atom. The number of aromatic amines is 1. The molecule has 1 aromatic heterocycles. The Morgan fingerprint density at radius 1 is 1.11 bits per heavy atom. The maximum atomic E-state index is 4.63. The molecule has 0 saturated carbocycles. The van der Waals surface area contributed by atoms with Crippen LogP contribution in [0.3, 0.4) is 0 Å². The average molecular weight is 316 g/mol. The number of benzene rings is 2. The fourth-order valence-corrected chi connectivity index (χ4v) is 2.41. The molecule has 2 aromatic carbocycles. The number of hydrogen-bond acceptors (Lipinski definition) is 2. The highest BCUT2D eigenvalue weighted by Crippen LogP contribution is 2.25. The van der Waals surface area contributed by atoms with Gasteiger partial charge in [0.15, 0.2) is 0 Å². The van der Waals surface area contributed by atoms with Crippen LogP contribution in [0.5, 0.6) is 0 Å². The number of rotatable bonds is 2.